The third-order valence-electron chi connectivity index (χ3n) is 10.4. The zero-order valence-corrected chi connectivity index (χ0v) is 38.1. The number of carbonyl (C=O) groups excluding carboxylic acids is 6. The molecule has 0 aliphatic carbocycles. The van der Waals surface area contributed by atoms with Gasteiger partial charge in [-0.05, 0) is 72.0 Å². The summed E-state index contributed by atoms with van der Waals surface area (Å²) in [6.07, 6.45) is -3.52. The van der Waals surface area contributed by atoms with Crippen LogP contribution in [-0.2, 0) is 51.4 Å². The van der Waals surface area contributed by atoms with E-state index in [4.69, 9.17) is 23.1 Å². The van der Waals surface area contributed by atoms with Crippen molar-refractivity contribution >= 4 is 68.7 Å². The quantitative estimate of drug-likeness (QED) is 0.0828. The van der Waals surface area contributed by atoms with E-state index < -0.39 is 110 Å². The van der Waals surface area contributed by atoms with Crippen molar-refractivity contribution in [1.82, 2.24) is 35.5 Å². The first kappa shape index (κ1) is 53.4. The molecule has 10 N–H and O–H groups in total. The van der Waals surface area contributed by atoms with Crippen LogP contribution in [0, 0.1) is 5.41 Å². The van der Waals surface area contributed by atoms with Gasteiger partial charge in [-0.2, -0.15) is 17.9 Å². The lowest BCUT2D eigenvalue weighted by Gasteiger charge is -2.35. The van der Waals surface area contributed by atoms with Crippen LogP contribution in [0.15, 0.2) is 71.9 Å². The van der Waals surface area contributed by atoms with Gasteiger partial charge in [0, 0.05) is 69.2 Å². The van der Waals surface area contributed by atoms with Gasteiger partial charge in [-0.1, -0.05) is 32.4 Å². The zero-order chi connectivity index (χ0) is 49.9. The van der Waals surface area contributed by atoms with Gasteiger partial charge in [0.1, 0.15) is 18.1 Å². The smallest absolute Gasteiger partial charge is 0.417 e. The molecule has 1 fully saturated rings. The second-order valence-corrected chi connectivity index (χ2v) is 18.6. The van der Waals surface area contributed by atoms with Crippen LogP contribution in [0.25, 0.3) is 0 Å². The second kappa shape index (κ2) is 23.0. The molecule has 1 aromatic heterocycles. The molecule has 0 radical (unpaired) electrons. The lowest BCUT2D eigenvalue weighted by molar-refractivity contribution is -0.139. The molecule has 1 aliphatic heterocycles. The topological polar surface area (TPSA) is 305 Å². The van der Waals surface area contributed by atoms with Crippen LogP contribution < -0.4 is 37.5 Å². The van der Waals surface area contributed by atoms with E-state index in [0.29, 0.717) is 36.0 Å². The van der Waals surface area contributed by atoms with Gasteiger partial charge in [0.15, 0.2) is 0 Å². The monoisotopic (exact) mass is 980 g/mol. The average Bonchev–Trinajstić information content (AvgIpc) is 3.27. The summed E-state index contributed by atoms with van der Waals surface area (Å²) in [5.41, 5.74) is 10.1. The predicted octanol–water partition coefficient (Wildman–Crippen LogP) is 0.849. The maximum atomic E-state index is 13.9. The minimum atomic E-state index is -5.01. The van der Waals surface area contributed by atoms with Gasteiger partial charge in [0.2, 0.25) is 39.6 Å². The summed E-state index contributed by atoms with van der Waals surface area (Å²) in [6, 6.07) is 5.64. The molecule has 0 bridgehead atoms. The Morgan fingerprint density at radius 3 is 2.03 bits per heavy atom. The van der Waals surface area contributed by atoms with E-state index in [9.17, 15) is 60.3 Å². The largest absolute Gasteiger partial charge is 0.480 e. The number of hydrogen-bond donors (Lipinski definition) is 8. The molecule has 4 atom stereocenters. The summed E-state index contributed by atoms with van der Waals surface area (Å²) < 4.78 is 67.4. The van der Waals surface area contributed by atoms with Gasteiger partial charge < -0.3 is 47.6 Å². The first-order valence-corrected chi connectivity index (χ1v) is 22.5. The lowest BCUT2D eigenvalue weighted by atomic mass is 9.85. The Balaban J connectivity index is 1.36. The highest BCUT2D eigenvalue weighted by molar-refractivity contribution is 7.89. The Bertz CT molecular complexity index is 2400. The number of amides is 6. The number of halogens is 4. The van der Waals surface area contributed by atoms with Crippen LogP contribution in [0.4, 0.5) is 18.9 Å². The number of pyridine rings is 1. The molecule has 3 aromatic rings. The minimum absolute atomic E-state index is 0.00371. The van der Waals surface area contributed by atoms with Crippen molar-refractivity contribution in [2.45, 2.75) is 75.3 Å². The maximum absolute atomic E-state index is 13.9. The second-order valence-electron chi connectivity index (χ2n) is 16.5. The molecule has 20 nitrogen and oxygen atoms in total. The molecule has 0 spiro atoms. The Hall–Kier alpha value is -6.21. The number of aromatic nitrogens is 1. The molecule has 6 amide bonds. The number of nitrogens with one attached hydrogen (secondary N) is 5. The fraction of sp³-hybridized carbons (Fsp3) is 0.429. The predicted molar refractivity (Wildman–Crippen MR) is 236 cm³/mol. The molecule has 364 valence electrons. The normalized spacial score (nSPS) is 15.1. The number of sulfonamides is 1. The summed E-state index contributed by atoms with van der Waals surface area (Å²) in [6.45, 7) is 5.52. The SMILES string of the molecule is CC(C)(C)[C@H](NC(=O)[C@H](Cc1ccncc1)NC(=O)CNC(=O)CC[C@H](NS(=O)(=O)c1ccc(Cl)c(C(F)(F)F)c1)C(=O)O)C(=O)Nc1ccc(C(=O)N2CCN(C(=O)[C@@H](N)CN)CC2)cc1. The molecule has 1 saturated heterocycles. The maximum Gasteiger partial charge on any atom is 0.417 e. The molecule has 2 aromatic carbocycles. The molecular formula is C42H52ClF3N10O10S. The van der Waals surface area contributed by atoms with Crippen molar-refractivity contribution in [1.29, 1.82) is 0 Å². The van der Waals surface area contributed by atoms with Crippen LogP contribution in [0.2, 0.25) is 5.02 Å². The van der Waals surface area contributed by atoms with Crippen LogP contribution in [0.3, 0.4) is 0 Å². The number of benzene rings is 2. The molecule has 0 unspecified atom stereocenters. The van der Waals surface area contributed by atoms with E-state index in [1.165, 1.54) is 36.7 Å². The lowest BCUT2D eigenvalue weighted by Crippen LogP contribution is -2.57. The number of alkyl halides is 3. The molecule has 25 heteroatoms. The summed E-state index contributed by atoms with van der Waals surface area (Å²) in [4.78, 5) is 97.2. The van der Waals surface area contributed by atoms with E-state index in [0.717, 1.165) is 6.07 Å². The standard InChI is InChI=1S/C42H52ClF3N10O10S/c1-41(2,3)35(37(60)51-26-6-4-25(5-7-26)38(61)55-16-18-56(19-17-55)39(62)30(48)22-47)53-36(59)32(20-24-12-14-49-15-13-24)52-34(58)23-50-33(57)11-10-31(40(63)64)54-67(65,66)27-8-9-29(43)28(21-27)42(44,45)46/h4-9,12-15,21,30-32,35,54H,10-11,16-20,22-23,47-48H2,1-3H3,(H,50,57)(H,51,60)(H,52,58)(H,53,59)(H,63,64)/t30-,31-,32-,35+/m0/s1. The molecule has 2 heterocycles. The van der Waals surface area contributed by atoms with Gasteiger partial charge in [0.05, 0.1) is 28.1 Å². The molecular weight excluding hydrogens is 929 g/mol. The number of piperazine rings is 1. The number of hydrogen-bond acceptors (Lipinski definition) is 12. The first-order chi connectivity index (χ1) is 31.3. The van der Waals surface area contributed by atoms with Gasteiger partial charge >= 0.3 is 12.1 Å². The summed E-state index contributed by atoms with van der Waals surface area (Å²) in [7, 11) is -4.86. The number of rotatable bonds is 19. The first-order valence-electron chi connectivity index (χ1n) is 20.6. The molecule has 4 rings (SSSR count). The summed E-state index contributed by atoms with van der Waals surface area (Å²) in [5, 5.41) is 19.1. The molecule has 67 heavy (non-hydrogen) atoms. The number of carboxylic acids is 1. The Morgan fingerprint density at radius 1 is 0.851 bits per heavy atom. The fourth-order valence-electron chi connectivity index (χ4n) is 6.61. The summed E-state index contributed by atoms with van der Waals surface area (Å²) >= 11 is 5.56. The average molecular weight is 981 g/mol. The van der Waals surface area contributed by atoms with E-state index >= 15 is 0 Å². The Labute approximate surface area is 388 Å². The van der Waals surface area contributed by atoms with Crippen molar-refractivity contribution in [3.8, 4) is 0 Å². The van der Waals surface area contributed by atoms with Gasteiger partial charge in [-0.15, -0.1) is 0 Å². The van der Waals surface area contributed by atoms with Crippen LogP contribution in [0.1, 0.15) is 55.1 Å². The number of carboxylic acid groups (broad SMARTS) is 1. The van der Waals surface area contributed by atoms with Gasteiger partial charge in [0.25, 0.3) is 5.91 Å². The zero-order valence-electron chi connectivity index (χ0n) is 36.6. The van der Waals surface area contributed by atoms with E-state index in [-0.39, 0.29) is 43.9 Å². The fourth-order valence-corrected chi connectivity index (χ4v) is 8.08. The number of nitrogens with zero attached hydrogens (tertiary/aromatic N) is 3. The van der Waals surface area contributed by atoms with Crippen molar-refractivity contribution in [2.24, 2.45) is 16.9 Å². The van der Waals surface area contributed by atoms with Crippen LogP contribution >= 0.6 is 11.6 Å². The van der Waals surface area contributed by atoms with Crippen molar-refractivity contribution in [3.63, 3.8) is 0 Å². The number of carbonyl (C=O) groups is 7. The summed E-state index contributed by atoms with van der Waals surface area (Å²) in [5.74, 6) is -5.51. The van der Waals surface area contributed by atoms with Crippen molar-refractivity contribution < 1.29 is 60.3 Å². The van der Waals surface area contributed by atoms with Crippen molar-refractivity contribution in [2.75, 3.05) is 44.6 Å². The third kappa shape index (κ3) is 15.4. The highest BCUT2D eigenvalue weighted by Gasteiger charge is 2.37. The van der Waals surface area contributed by atoms with Crippen LogP contribution in [-0.4, -0.2) is 133 Å². The minimum Gasteiger partial charge on any atom is -0.480 e. The van der Waals surface area contributed by atoms with Crippen molar-refractivity contribution in [3.05, 3.63) is 88.7 Å². The number of aliphatic carboxylic acids is 1. The Kier molecular flexibility index (Phi) is 18.3. The highest BCUT2D eigenvalue weighted by Crippen LogP contribution is 2.36. The van der Waals surface area contributed by atoms with Gasteiger partial charge in [-0.25, -0.2) is 8.42 Å². The number of anilines is 1. The third-order valence-corrected chi connectivity index (χ3v) is 12.2. The highest BCUT2D eigenvalue weighted by atomic mass is 35.5. The van der Waals surface area contributed by atoms with Crippen LogP contribution in [0.5, 0.6) is 0 Å². The molecule has 0 saturated carbocycles. The molecule has 1 aliphatic rings. The van der Waals surface area contributed by atoms with E-state index in [2.05, 4.69) is 26.3 Å². The van der Waals surface area contributed by atoms with E-state index in [1.54, 1.807) is 47.4 Å². The Morgan fingerprint density at radius 2 is 1.46 bits per heavy atom. The number of nitrogens with two attached hydrogens (primary N) is 2. The van der Waals surface area contributed by atoms with Gasteiger partial charge in [-0.3, -0.25) is 38.5 Å². The van der Waals surface area contributed by atoms with E-state index in [1.807, 2.05) is 0 Å².